The molecule has 0 bridgehead atoms. The van der Waals surface area contributed by atoms with E-state index in [4.69, 9.17) is 9.47 Å². The Balaban J connectivity index is 2.77. The Morgan fingerprint density at radius 2 is 1.96 bits per heavy atom. The highest BCUT2D eigenvalue weighted by Crippen LogP contribution is 2.45. The first-order chi connectivity index (χ1) is 10.5. The molecular weight excluding hydrogens is 302 g/mol. The van der Waals surface area contributed by atoms with E-state index in [-0.39, 0.29) is 19.1 Å². The Morgan fingerprint density at radius 3 is 2.43 bits per heavy atom. The van der Waals surface area contributed by atoms with Crippen molar-refractivity contribution in [3.8, 4) is 0 Å². The molecule has 132 valence electrons. The molecule has 7 nitrogen and oxygen atoms in total. The number of carbonyl (C=O) groups excluding carboxylic acids is 2. The van der Waals surface area contributed by atoms with E-state index in [9.17, 15) is 19.5 Å². The number of aliphatic carboxylic acids is 1. The number of esters is 1. The van der Waals surface area contributed by atoms with E-state index in [1.165, 1.54) is 0 Å². The van der Waals surface area contributed by atoms with Crippen molar-refractivity contribution in [1.29, 1.82) is 0 Å². The highest BCUT2D eigenvalue weighted by molar-refractivity contribution is 5.84. The van der Waals surface area contributed by atoms with Crippen molar-refractivity contribution in [2.75, 3.05) is 6.61 Å². The molecule has 1 saturated carbocycles. The van der Waals surface area contributed by atoms with Crippen LogP contribution in [-0.2, 0) is 19.1 Å². The van der Waals surface area contributed by atoms with E-state index in [0.717, 1.165) is 0 Å². The van der Waals surface area contributed by atoms with Crippen LogP contribution in [0.1, 0.15) is 53.9 Å². The molecule has 0 aromatic rings. The van der Waals surface area contributed by atoms with Crippen LogP contribution in [0.25, 0.3) is 0 Å². The lowest BCUT2D eigenvalue weighted by Crippen LogP contribution is -2.43. The van der Waals surface area contributed by atoms with Gasteiger partial charge < -0.3 is 19.9 Å². The predicted octanol–water partition coefficient (Wildman–Crippen LogP) is 2.33. The number of carbonyl (C=O) groups is 3. The minimum atomic E-state index is -1.22. The van der Waals surface area contributed by atoms with E-state index < -0.39 is 35.0 Å². The van der Waals surface area contributed by atoms with Gasteiger partial charge in [0.25, 0.3) is 0 Å². The second-order valence-corrected chi connectivity index (χ2v) is 7.02. The van der Waals surface area contributed by atoms with Gasteiger partial charge in [0.05, 0.1) is 17.9 Å². The van der Waals surface area contributed by atoms with Gasteiger partial charge in [-0.2, -0.15) is 0 Å². The number of carboxylic acid groups (broad SMARTS) is 1. The lowest BCUT2D eigenvalue weighted by atomic mass is 9.74. The molecule has 0 radical (unpaired) electrons. The number of hydrogen-bond donors (Lipinski definition) is 2. The zero-order valence-corrected chi connectivity index (χ0v) is 14.5. The Bertz CT molecular complexity index is 470. The van der Waals surface area contributed by atoms with Crippen LogP contribution >= 0.6 is 0 Å². The summed E-state index contributed by atoms with van der Waals surface area (Å²) in [6.07, 6.45) is 0.395. The van der Waals surface area contributed by atoms with Crippen molar-refractivity contribution in [3.05, 3.63) is 0 Å². The third kappa shape index (κ3) is 4.84. The van der Waals surface area contributed by atoms with Gasteiger partial charge in [0.2, 0.25) is 0 Å². The molecule has 2 N–H and O–H groups in total. The number of hydrogen-bond acceptors (Lipinski definition) is 5. The minimum absolute atomic E-state index is 0.182. The molecule has 1 rings (SSSR count). The Morgan fingerprint density at radius 1 is 1.35 bits per heavy atom. The summed E-state index contributed by atoms with van der Waals surface area (Å²) >= 11 is 0. The summed E-state index contributed by atoms with van der Waals surface area (Å²) in [5.74, 6) is -2.33. The third-order valence-corrected chi connectivity index (χ3v) is 4.17. The summed E-state index contributed by atoms with van der Waals surface area (Å²) in [7, 11) is 0. The molecule has 1 unspecified atom stereocenters. The largest absolute Gasteiger partial charge is 0.481 e. The molecule has 23 heavy (non-hydrogen) atoms. The highest BCUT2D eigenvalue weighted by atomic mass is 16.6. The first kappa shape index (κ1) is 19.3. The van der Waals surface area contributed by atoms with Crippen molar-refractivity contribution in [2.45, 2.75) is 65.5 Å². The quantitative estimate of drug-likeness (QED) is 0.751. The van der Waals surface area contributed by atoms with Crippen molar-refractivity contribution in [1.82, 2.24) is 5.32 Å². The van der Waals surface area contributed by atoms with Crippen molar-refractivity contribution in [3.63, 3.8) is 0 Å². The van der Waals surface area contributed by atoms with Crippen molar-refractivity contribution >= 4 is 18.0 Å². The molecule has 0 aliphatic heterocycles. The zero-order chi connectivity index (χ0) is 17.8. The van der Waals surface area contributed by atoms with Gasteiger partial charge in [-0.15, -0.1) is 0 Å². The fourth-order valence-electron chi connectivity index (χ4n) is 2.94. The van der Waals surface area contributed by atoms with Gasteiger partial charge in [0, 0.05) is 6.04 Å². The van der Waals surface area contributed by atoms with Crippen LogP contribution < -0.4 is 5.32 Å². The number of alkyl carbamates (subject to hydrolysis) is 1. The van der Waals surface area contributed by atoms with Gasteiger partial charge in [-0.05, 0) is 47.0 Å². The summed E-state index contributed by atoms with van der Waals surface area (Å²) in [4.78, 5) is 35.6. The van der Waals surface area contributed by atoms with Gasteiger partial charge in [0.1, 0.15) is 5.60 Å². The fourth-order valence-corrected chi connectivity index (χ4v) is 2.94. The maximum Gasteiger partial charge on any atom is 0.407 e. The molecule has 1 amide bonds. The zero-order valence-electron chi connectivity index (χ0n) is 14.5. The third-order valence-electron chi connectivity index (χ3n) is 4.17. The van der Waals surface area contributed by atoms with Crippen LogP contribution in [-0.4, -0.2) is 41.4 Å². The molecule has 0 aromatic heterocycles. The second kappa shape index (κ2) is 7.19. The second-order valence-electron chi connectivity index (χ2n) is 7.02. The van der Waals surface area contributed by atoms with Crippen molar-refractivity contribution < 1.29 is 29.0 Å². The molecule has 0 heterocycles. The molecular formula is C16H27NO6. The average Bonchev–Trinajstić information content (AvgIpc) is 2.81. The number of ether oxygens (including phenoxy) is 2. The van der Waals surface area contributed by atoms with E-state index >= 15 is 0 Å². The molecule has 7 heteroatoms. The van der Waals surface area contributed by atoms with Crippen LogP contribution in [0.4, 0.5) is 4.79 Å². The number of nitrogens with one attached hydrogen (secondary N) is 1. The normalized spacial score (nSPS) is 25.5. The van der Waals surface area contributed by atoms with Gasteiger partial charge in [-0.3, -0.25) is 9.59 Å². The van der Waals surface area contributed by atoms with Gasteiger partial charge >= 0.3 is 18.0 Å². The average molecular weight is 329 g/mol. The van der Waals surface area contributed by atoms with E-state index in [1.807, 2.05) is 0 Å². The first-order valence-corrected chi connectivity index (χ1v) is 7.91. The molecule has 0 aromatic carbocycles. The molecule has 3 atom stereocenters. The molecule has 1 fully saturated rings. The Hall–Kier alpha value is -1.79. The van der Waals surface area contributed by atoms with E-state index in [0.29, 0.717) is 12.8 Å². The summed E-state index contributed by atoms with van der Waals surface area (Å²) in [5.41, 5.74) is -1.84. The Labute approximate surface area is 136 Å². The SMILES string of the molecule is CCOC(=O)C(C)[C@]1(C(=O)O)CC[C@@H](NC(=O)OC(C)(C)C)C1. The molecule has 1 aliphatic carbocycles. The maximum absolute atomic E-state index is 12.0. The lowest BCUT2D eigenvalue weighted by Gasteiger charge is -2.30. The summed E-state index contributed by atoms with van der Waals surface area (Å²) in [5, 5.41) is 12.3. The highest BCUT2D eigenvalue weighted by Gasteiger charge is 2.52. The van der Waals surface area contributed by atoms with Crippen molar-refractivity contribution in [2.24, 2.45) is 11.3 Å². The van der Waals surface area contributed by atoms with Crippen LogP contribution in [0.2, 0.25) is 0 Å². The Kier molecular flexibility index (Phi) is 6.02. The topological polar surface area (TPSA) is 102 Å². The smallest absolute Gasteiger partial charge is 0.407 e. The fraction of sp³-hybridized carbons (Fsp3) is 0.812. The summed E-state index contributed by atoms with van der Waals surface area (Å²) < 4.78 is 10.1. The van der Waals surface area contributed by atoms with Crippen LogP contribution in [0, 0.1) is 11.3 Å². The molecule has 0 saturated heterocycles. The van der Waals surface area contributed by atoms with Crippen LogP contribution in [0.3, 0.4) is 0 Å². The summed E-state index contributed by atoms with van der Waals surface area (Å²) in [6.45, 7) is 8.73. The molecule has 1 aliphatic rings. The van der Waals surface area contributed by atoms with E-state index in [2.05, 4.69) is 5.32 Å². The standard InChI is InChI=1S/C16H27NO6/c1-6-22-12(18)10(2)16(13(19)20)8-7-11(9-16)17-14(21)23-15(3,4)5/h10-11H,6-9H2,1-5H3,(H,17,21)(H,19,20)/t10?,11-,16+/m1/s1. The van der Waals surface area contributed by atoms with Crippen LogP contribution in [0.15, 0.2) is 0 Å². The predicted molar refractivity (Wildman–Crippen MR) is 82.9 cm³/mol. The summed E-state index contributed by atoms with van der Waals surface area (Å²) in [6, 6.07) is -0.335. The lowest BCUT2D eigenvalue weighted by molar-refractivity contribution is -0.164. The number of amides is 1. The number of rotatable bonds is 5. The van der Waals surface area contributed by atoms with Gasteiger partial charge in [-0.1, -0.05) is 6.92 Å². The minimum Gasteiger partial charge on any atom is -0.481 e. The van der Waals surface area contributed by atoms with Crippen LogP contribution in [0.5, 0.6) is 0 Å². The van der Waals surface area contributed by atoms with Gasteiger partial charge in [-0.25, -0.2) is 4.79 Å². The number of carboxylic acids is 1. The van der Waals surface area contributed by atoms with Gasteiger partial charge in [0.15, 0.2) is 0 Å². The van der Waals surface area contributed by atoms with E-state index in [1.54, 1.807) is 34.6 Å². The molecule has 0 spiro atoms. The maximum atomic E-state index is 12.0. The first-order valence-electron chi connectivity index (χ1n) is 7.91. The monoisotopic (exact) mass is 329 g/mol.